The van der Waals surface area contributed by atoms with Crippen LogP contribution < -0.4 is 4.90 Å². The van der Waals surface area contributed by atoms with E-state index in [1.165, 1.54) is 11.8 Å². The van der Waals surface area contributed by atoms with Gasteiger partial charge in [0.1, 0.15) is 0 Å². The van der Waals surface area contributed by atoms with Gasteiger partial charge < -0.3 is 0 Å². The largest absolute Gasteiger partial charge is 0.273 e. The second-order valence-electron chi connectivity index (χ2n) is 5.18. The Labute approximate surface area is 149 Å². The third kappa shape index (κ3) is 3.11. The lowest BCUT2D eigenvalue weighted by Crippen LogP contribution is -2.29. The van der Waals surface area contributed by atoms with E-state index in [4.69, 9.17) is 23.2 Å². The van der Waals surface area contributed by atoms with Gasteiger partial charge in [0.25, 0.3) is 0 Å². The third-order valence-electron chi connectivity index (χ3n) is 3.70. The highest BCUT2D eigenvalue weighted by atomic mass is 35.5. The molecule has 3 nitrogen and oxygen atoms in total. The quantitative estimate of drug-likeness (QED) is 0.716. The van der Waals surface area contributed by atoms with Crippen molar-refractivity contribution in [2.24, 2.45) is 4.99 Å². The minimum Gasteiger partial charge on any atom is -0.273 e. The maximum absolute atomic E-state index is 12.3. The molecule has 0 radical (unpaired) electrons. The summed E-state index contributed by atoms with van der Waals surface area (Å²) in [6.45, 7) is 3.81. The number of amidine groups is 1. The fourth-order valence-corrected chi connectivity index (χ4v) is 3.55. The molecule has 118 valence electrons. The number of anilines is 1. The van der Waals surface area contributed by atoms with Crippen LogP contribution in [0, 0.1) is 13.8 Å². The Morgan fingerprint density at radius 1 is 1.04 bits per heavy atom. The first-order valence-corrected chi connectivity index (χ1v) is 8.78. The van der Waals surface area contributed by atoms with Gasteiger partial charge in [-0.3, -0.25) is 9.69 Å². The Balaban J connectivity index is 2.08. The Morgan fingerprint density at radius 2 is 1.70 bits per heavy atom. The van der Waals surface area contributed by atoms with Crippen LogP contribution in [-0.4, -0.2) is 16.8 Å². The summed E-state index contributed by atoms with van der Waals surface area (Å²) in [6, 6.07) is 11.1. The van der Waals surface area contributed by atoms with Gasteiger partial charge >= 0.3 is 0 Å². The highest BCUT2D eigenvalue weighted by molar-refractivity contribution is 8.15. The minimum absolute atomic E-state index is 0.00111. The van der Waals surface area contributed by atoms with Crippen LogP contribution in [0.2, 0.25) is 10.0 Å². The van der Waals surface area contributed by atoms with Crippen molar-refractivity contribution < 1.29 is 4.79 Å². The predicted octanol–water partition coefficient (Wildman–Crippen LogP) is 5.38. The summed E-state index contributed by atoms with van der Waals surface area (Å²) in [5.41, 5.74) is 3.29. The van der Waals surface area contributed by atoms with E-state index < -0.39 is 0 Å². The van der Waals surface area contributed by atoms with Gasteiger partial charge in [-0.25, -0.2) is 4.99 Å². The number of nitrogens with zero attached hydrogens (tertiary/aromatic N) is 2. The van der Waals surface area contributed by atoms with Crippen LogP contribution in [0.3, 0.4) is 0 Å². The molecule has 3 rings (SSSR count). The lowest BCUT2D eigenvalue weighted by Gasteiger charge is -2.19. The summed E-state index contributed by atoms with van der Waals surface area (Å²) in [5, 5.41) is 1.93. The van der Waals surface area contributed by atoms with E-state index >= 15 is 0 Å². The molecule has 0 bridgehead atoms. The first kappa shape index (κ1) is 16.4. The molecule has 1 saturated heterocycles. The van der Waals surface area contributed by atoms with Gasteiger partial charge in [-0.2, -0.15) is 0 Å². The maximum atomic E-state index is 12.3. The Kier molecular flexibility index (Phi) is 4.67. The molecule has 6 heteroatoms. The van der Waals surface area contributed by atoms with Gasteiger partial charge in [-0.1, -0.05) is 47.1 Å². The summed E-state index contributed by atoms with van der Waals surface area (Å²) in [5.74, 6) is 0.364. The van der Waals surface area contributed by atoms with E-state index in [2.05, 4.69) is 4.99 Å². The number of benzene rings is 2. The Bertz CT molecular complexity index is 820. The van der Waals surface area contributed by atoms with Gasteiger partial charge in [0.15, 0.2) is 5.17 Å². The number of amides is 1. The summed E-state index contributed by atoms with van der Waals surface area (Å²) in [4.78, 5) is 18.6. The average molecular weight is 365 g/mol. The zero-order valence-electron chi connectivity index (χ0n) is 12.6. The lowest BCUT2D eigenvalue weighted by molar-refractivity contribution is -0.115. The summed E-state index contributed by atoms with van der Waals surface area (Å²) < 4.78 is 0. The predicted molar refractivity (Wildman–Crippen MR) is 99.4 cm³/mol. The minimum atomic E-state index is -0.00111. The number of hydrogen-bond acceptors (Lipinski definition) is 3. The average Bonchev–Trinajstić information content (AvgIpc) is 2.88. The van der Waals surface area contributed by atoms with Crippen molar-refractivity contribution in [2.45, 2.75) is 13.8 Å². The zero-order chi connectivity index (χ0) is 16.6. The molecule has 23 heavy (non-hydrogen) atoms. The fourth-order valence-electron chi connectivity index (χ4n) is 2.34. The van der Waals surface area contributed by atoms with Crippen LogP contribution in [-0.2, 0) is 4.79 Å². The van der Waals surface area contributed by atoms with E-state index in [1.54, 1.807) is 4.90 Å². The van der Waals surface area contributed by atoms with Crippen molar-refractivity contribution in [3.8, 4) is 0 Å². The smallest absolute Gasteiger partial charge is 0.243 e. The monoisotopic (exact) mass is 364 g/mol. The van der Waals surface area contributed by atoms with E-state index in [0.717, 1.165) is 22.5 Å². The summed E-state index contributed by atoms with van der Waals surface area (Å²) in [7, 11) is 0. The third-order valence-corrected chi connectivity index (χ3v) is 5.44. The van der Waals surface area contributed by atoms with Crippen molar-refractivity contribution >= 4 is 57.4 Å². The second kappa shape index (κ2) is 6.56. The van der Waals surface area contributed by atoms with E-state index in [0.29, 0.717) is 21.0 Å². The highest BCUT2D eigenvalue weighted by Gasteiger charge is 2.31. The van der Waals surface area contributed by atoms with Gasteiger partial charge in [0.2, 0.25) is 5.91 Å². The lowest BCUT2D eigenvalue weighted by atomic mass is 10.2. The van der Waals surface area contributed by atoms with E-state index in [1.807, 2.05) is 50.2 Å². The number of carbonyl (C=O) groups is 1. The van der Waals surface area contributed by atoms with Crippen LogP contribution in [0.1, 0.15) is 11.1 Å². The van der Waals surface area contributed by atoms with Crippen molar-refractivity contribution in [2.75, 3.05) is 10.7 Å². The van der Waals surface area contributed by atoms with Gasteiger partial charge in [0.05, 0.1) is 17.1 Å². The van der Waals surface area contributed by atoms with E-state index in [9.17, 15) is 4.79 Å². The van der Waals surface area contributed by atoms with Gasteiger partial charge in [-0.05, 0) is 49.2 Å². The standard InChI is InChI=1S/C17H14Cl2N2OS/c1-10-12(18)5-3-7-14(10)20-17-21(16(22)9-23-17)15-8-4-6-13(19)11(15)2/h3-8H,9H2,1-2H3. The van der Waals surface area contributed by atoms with Crippen LogP contribution in [0.15, 0.2) is 41.4 Å². The number of thioether (sulfide) groups is 1. The van der Waals surface area contributed by atoms with E-state index in [-0.39, 0.29) is 5.91 Å². The molecule has 0 N–H and O–H groups in total. The normalized spacial score (nSPS) is 16.4. The molecule has 0 saturated carbocycles. The molecule has 1 aliphatic rings. The Morgan fingerprint density at radius 3 is 2.43 bits per heavy atom. The number of carbonyl (C=O) groups excluding carboxylic acids is 1. The molecule has 1 aliphatic heterocycles. The number of aliphatic imine (C=N–C) groups is 1. The molecule has 0 aliphatic carbocycles. The molecule has 2 aromatic rings. The van der Waals surface area contributed by atoms with Crippen molar-refractivity contribution in [3.05, 3.63) is 57.6 Å². The van der Waals surface area contributed by atoms with Gasteiger partial charge in [0, 0.05) is 10.0 Å². The maximum Gasteiger partial charge on any atom is 0.243 e. The topological polar surface area (TPSA) is 32.7 Å². The fraction of sp³-hybridized carbons (Fsp3) is 0.176. The highest BCUT2D eigenvalue weighted by Crippen LogP contribution is 2.35. The molecule has 1 heterocycles. The first-order chi connectivity index (χ1) is 11.0. The van der Waals surface area contributed by atoms with Crippen LogP contribution in [0.4, 0.5) is 11.4 Å². The number of halogens is 2. The molecule has 2 aromatic carbocycles. The van der Waals surface area contributed by atoms with Crippen molar-refractivity contribution in [1.29, 1.82) is 0 Å². The Hall–Kier alpha value is -1.49. The molecule has 0 atom stereocenters. The van der Waals surface area contributed by atoms with Crippen molar-refractivity contribution in [3.63, 3.8) is 0 Å². The molecule has 0 unspecified atom stereocenters. The molecule has 1 fully saturated rings. The number of hydrogen-bond donors (Lipinski definition) is 0. The first-order valence-electron chi connectivity index (χ1n) is 7.03. The molecular weight excluding hydrogens is 351 g/mol. The molecule has 1 amide bonds. The van der Waals surface area contributed by atoms with Crippen LogP contribution >= 0.6 is 35.0 Å². The number of rotatable bonds is 2. The van der Waals surface area contributed by atoms with Gasteiger partial charge in [-0.15, -0.1) is 0 Å². The SMILES string of the molecule is Cc1c(Cl)cccc1N=C1SCC(=O)N1c1cccc(Cl)c1C. The molecule has 0 aromatic heterocycles. The van der Waals surface area contributed by atoms with Crippen molar-refractivity contribution in [1.82, 2.24) is 0 Å². The summed E-state index contributed by atoms with van der Waals surface area (Å²) in [6.07, 6.45) is 0. The summed E-state index contributed by atoms with van der Waals surface area (Å²) >= 11 is 13.8. The molecule has 0 spiro atoms. The van der Waals surface area contributed by atoms with Crippen LogP contribution in [0.5, 0.6) is 0 Å². The van der Waals surface area contributed by atoms with Crippen LogP contribution in [0.25, 0.3) is 0 Å². The zero-order valence-corrected chi connectivity index (χ0v) is 15.0. The second-order valence-corrected chi connectivity index (χ2v) is 6.94. The molecular formula is C17H14Cl2N2OS.